The van der Waals surface area contributed by atoms with Crippen molar-refractivity contribution in [1.29, 1.82) is 0 Å². The summed E-state index contributed by atoms with van der Waals surface area (Å²) in [6.07, 6.45) is 3.35. The van der Waals surface area contributed by atoms with Crippen molar-refractivity contribution < 1.29 is 4.74 Å². The van der Waals surface area contributed by atoms with Gasteiger partial charge in [0.25, 0.3) is 0 Å². The predicted molar refractivity (Wildman–Crippen MR) is 33.5 cm³/mol. The lowest BCUT2D eigenvalue weighted by molar-refractivity contribution is 0.179. The number of hydrogen-bond donors (Lipinski definition) is 0. The zero-order valence-corrected chi connectivity index (χ0v) is 5.48. The first-order valence-electron chi connectivity index (χ1n) is 3.10. The van der Waals surface area contributed by atoms with Crippen molar-refractivity contribution in [1.82, 2.24) is 0 Å². The van der Waals surface area contributed by atoms with E-state index >= 15 is 0 Å². The van der Waals surface area contributed by atoms with E-state index in [-0.39, 0.29) is 0 Å². The van der Waals surface area contributed by atoms with Gasteiger partial charge in [-0.2, -0.15) is 0 Å². The van der Waals surface area contributed by atoms with Gasteiger partial charge in [0.2, 0.25) is 0 Å². The monoisotopic (exact) mass is 112 g/mol. The van der Waals surface area contributed by atoms with Crippen molar-refractivity contribution in [2.75, 3.05) is 6.61 Å². The Bertz CT molecular complexity index is 105. The number of hydrogen-bond acceptors (Lipinski definition) is 1. The molecule has 0 spiro atoms. The molecular weight excluding hydrogens is 100 g/mol. The fourth-order valence-corrected chi connectivity index (χ4v) is 0.938. The predicted octanol–water partition coefficient (Wildman–Crippen LogP) is 1.95. The van der Waals surface area contributed by atoms with Crippen LogP contribution in [0.4, 0.5) is 0 Å². The molecule has 0 aromatic rings. The lowest BCUT2D eigenvalue weighted by Crippen LogP contribution is -2.05. The topological polar surface area (TPSA) is 9.23 Å². The summed E-state index contributed by atoms with van der Waals surface area (Å²) in [7, 11) is 0. The SMILES string of the molecule is CC1=CC(C)CCO1. The normalized spacial score (nSPS) is 28.8. The van der Waals surface area contributed by atoms with Crippen LogP contribution in [-0.4, -0.2) is 6.61 Å². The van der Waals surface area contributed by atoms with E-state index in [0.717, 1.165) is 18.3 Å². The Labute approximate surface area is 50.3 Å². The molecule has 1 heterocycles. The fraction of sp³-hybridized carbons (Fsp3) is 0.714. The highest BCUT2D eigenvalue weighted by atomic mass is 16.5. The lowest BCUT2D eigenvalue weighted by atomic mass is 10.1. The van der Waals surface area contributed by atoms with Gasteiger partial charge in [-0.25, -0.2) is 0 Å². The highest BCUT2D eigenvalue weighted by Crippen LogP contribution is 2.14. The van der Waals surface area contributed by atoms with Gasteiger partial charge in [-0.15, -0.1) is 0 Å². The third-order valence-corrected chi connectivity index (χ3v) is 1.42. The van der Waals surface area contributed by atoms with Crippen molar-refractivity contribution in [3.8, 4) is 0 Å². The van der Waals surface area contributed by atoms with Crippen LogP contribution in [0.3, 0.4) is 0 Å². The molecule has 0 amide bonds. The van der Waals surface area contributed by atoms with Crippen molar-refractivity contribution in [2.45, 2.75) is 20.3 Å². The first-order chi connectivity index (χ1) is 3.79. The molecule has 1 atom stereocenters. The summed E-state index contributed by atoms with van der Waals surface area (Å²) in [5.74, 6) is 1.81. The van der Waals surface area contributed by atoms with E-state index in [4.69, 9.17) is 4.74 Å². The maximum Gasteiger partial charge on any atom is 0.0891 e. The molecule has 1 unspecified atom stereocenters. The van der Waals surface area contributed by atoms with Crippen molar-refractivity contribution in [2.24, 2.45) is 5.92 Å². The molecule has 1 nitrogen and oxygen atoms in total. The lowest BCUT2D eigenvalue weighted by Gasteiger charge is -2.15. The molecule has 1 aliphatic rings. The Morgan fingerprint density at radius 3 is 2.88 bits per heavy atom. The number of rotatable bonds is 0. The molecule has 0 aliphatic carbocycles. The van der Waals surface area contributed by atoms with Crippen LogP contribution < -0.4 is 0 Å². The average Bonchev–Trinajstić information content (AvgIpc) is 1.64. The number of ether oxygens (including phenoxy) is 1. The van der Waals surface area contributed by atoms with Crippen LogP contribution >= 0.6 is 0 Å². The highest BCUT2D eigenvalue weighted by molar-refractivity contribution is 4.94. The molecule has 1 heteroatoms. The van der Waals surface area contributed by atoms with E-state index in [1.807, 2.05) is 6.92 Å². The smallest absolute Gasteiger partial charge is 0.0891 e. The second kappa shape index (κ2) is 2.21. The highest BCUT2D eigenvalue weighted by Gasteiger charge is 2.04. The van der Waals surface area contributed by atoms with Gasteiger partial charge in [0.15, 0.2) is 0 Å². The Morgan fingerprint density at radius 2 is 2.50 bits per heavy atom. The maximum absolute atomic E-state index is 5.21. The molecule has 0 saturated heterocycles. The van der Waals surface area contributed by atoms with Crippen molar-refractivity contribution >= 4 is 0 Å². The summed E-state index contributed by atoms with van der Waals surface area (Å²) in [6, 6.07) is 0. The van der Waals surface area contributed by atoms with Gasteiger partial charge in [0.1, 0.15) is 0 Å². The summed E-state index contributed by atoms with van der Waals surface area (Å²) in [5, 5.41) is 0. The van der Waals surface area contributed by atoms with E-state index in [1.165, 1.54) is 6.42 Å². The molecule has 0 radical (unpaired) electrons. The molecule has 46 valence electrons. The second-order valence-corrected chi connectivity index (χ2v) is 2.39. The van der Waals surface area contributed by atoms with Crippen LogP contribution in [-0.2, 0) is 4.74 Å². The summed E-state index contributed by atoms with van der Waals surface area (Å²) in [6.45, 7) is 5.13. The fourth-order valence-electron chi connectivity index (χ4n) is 0.938. The van der Waals surface area contributed by atoms with Crippen LogP contribution in [0, 0.1) is 5.92 Å². The summed E-state index contributed by atoms with van der Waals surface area (Å²) < 4.78 is 5.21. The minimum Gasteiger partial charge on any atom is -0.499 e. The van der Waals surface area contributed by atoms with Gasteiger partial charge >= 0.3 is 0 Å². The zero-order valence-electron chi connectivity index (χ0n) is 5.48. The Morgan fingerprint density at radius 1 is 1.75 bits per heavy atom. The van der Waals surface area contributed by atoms with Gasteiger partial charge in [-0.3, -0.25) is 0 Å². The third kappa shape index (κ3) is 1.25. The van der Waals surface area contributed by atoms with E-state index < -0.39 is 0 Å². The minimum atomic E-state index is 0.726. The largest absolute Gasteiger partial charge is 0.499 e. The zero-order chi connectivity index (χ0) is 5.98. The van der Waals surface area contributed by atoms with E-state index in [1.54, 1.807) is 0 Å². The quantitative estimate of drug-likeness (QED) is 0.465. The molecule has 0 saturated carbocycles. The molecule has 0 aromatic heterocycles. The molecule has 0 N–H and O–H groups in total. The van der Waals surface area contributed by atoms with Gasteiger partial charge < -0.3 is 4.74 Å². The van der Waals surface area contributed by atoms with Crippen molar-refractivity contribution in [3.63, 3.8) is 0 Å². The van der Waals surface area contributed by atoms with Crippen LogP contribution in [0.25, 0.3) is 0 Å². The molecule has 8 heavy (non-hydrogen) atoms. The van der Waals surface area contributed by atoms with Gasteiger partial charge in [-0.05, 0) is 25.3 Å². The van der Waals surface area contributed by atoms with Gasteiger partial charge in [0, 0.05) is 0 Å². The van der Waals surface area contributed by atoms with Crippen LogP contribution in [0.5, 0.6) is 0 Å². The van der Waals surface area contributed by atoms with Gasteiger partial charge in [0.05, 0.1) is 12.4 Å². The Balaban J connectivity index is 2.50. The summed E-state index contributed by atoms with van der Waals surface area (Å²) >= 11 is 0. The second-order valence-electron chi connectivity index (χ2n) is 2.39. The molecule has 0 bridgehead atoms. The standard InChI is InChI=1S/C7H12O/c1-6-3-4-8-7(2)5-6/h5-6H,3-4H2,1-2H3. The Hall–Kier alpha value is -0.460. The van der Waals surface area contributed by atoms with Crippen molar-refractivity contribution in [3.05, 3.63) is 11.8 Å². The van der Waals surface area contributed by atoms with Gasteiger partial charge in [-0.1, -0.05) is 6.92 Å². The third-order valence-electron chi connectivity index (χ3n) is 1.42. The minimum absolute atomic E-state index is 0.726. The average molecular weight is 112 g/mol. The molecule has 0 aromatic carbocycles. The van der Waals surface area contributed by atoms with E-state index in [9.17, 15) is 0 Å². The van der Waals surface area contributed by atoms with Crippen LogP contribution in [0.1, 0.15) is 20.3 Å². The molecular formula is C7H12O. The molecule has 0 fully saturated rings. The maximum atomic E-state index is 5.21. The Kier molecular flexibility index (Phi) is 1.56. The van der Waals surface area contributed by atoms with E-state index in [2.05, 4.69) is 13.0 Å². The molecule has 1 aliphatic heterocycles. The van der Waals surface area contributed by atoms with E-state index in [0.29, 0.717) is 0 Å². The first-order valence-corrected chi connectivity index (χ1v) is 3.10. The summed E-state index contributed by atoms with van der Waals surface area (Å²) in [5.41, 5.74) is 0. The van der Waals surface area contributed by atoms with Crippen LogP contribution in [0.15, 0.2) is 11.8 Å². The number of allylic oxidation sites excluding steroid dienone is 2. The van der Waals surface area contributed by atoms with Crippen LogP contribution in [0.2, 0.25) is 0 Å². The molecule has 1 rings (SSSR count). The summed E-state index contributed by atoms with van der Waals surface area (Å²) in [4.78, 5) is 0. The first kappa shape index (κ1) is 5.67.